The van der Waals surface area contributed by atoms with Crippen LogP contribution in [0.4, 0.5) is 0 Å². The predicted molar refractivity (Wildman–Crippen MR) is 92.0 cm³/mol. The van der Waals surface area contributed by atoms with Crippen molar-refractivity contribution in [3.05, 3.63) is 47.2 Å². The van der Waals surface area contributed by atoms with Gasteiger partial charge in [0.15, 0.2) is 5.65 Å². The van der Waals surface area contributed by atoms with E-state index in [0.29, 0.717) is 11.3 Å². The fourth-order valence-electron chi connectivity index (χ4n) is 2.71. The van der Waals surface area contributed by atoms with Crippen molar-refractivity contribution >= 4 is 16.9 Å². The van der Waals surface area contributed by atoms with Gasteiger partial charge in [0, 0.05) is 11.4 Å². The van der Waals surface area contributed by atoms with Gasteiger partial charge in [0.2, 0.25) is 0 Å². The van der Waals surface area contributed by atoms with Crippen molar-refractivity contribution in [3.63, 3.8) is 0 Å². The van der Waals surface area contributed by atoms with E-state index in [1.807, 2.05) is 43.7 Å². The van der Waals surface area contributed by atoms with Crippen LogP contribution in [0.25, 0.3) is 11.0 Å². The summed E-state index contributed by atoms with van der Waals surface area (Å²) in [6, 6.07) is 5.62. The van der Waals surface area contributed by atoms with Gasteiger partial charge < -0.3 is 9.73 Å². The van der Waals surface area contributed by atoms with Gasteiger partial charge in [0.25, 0.3) is 5.91 Å². The Bertz CT molecular complexity index is 892. The second-order valence-corrected chi connectivity index (χ2v) is 6.36. The molecule has 0 saturated heterocycles. The lowest BCUT2D eigenvalue weighted by atomic mass is 10.1. The van der Waals surface area contributed by atoms with E-state index < -0.39 is 0 Å². The monoisotopic (exact) mass is 326 g/mol. The molecule has 0 aliphatic heterocycles. The van der Waals surface area contributed by atoms with Crippen LogP contribution in [0, 0.1) is 13.8 Å². The molecule has 0 aromatic carbocycles. The van der Waals surface area contributed by atoms with E-state index in [4.69, 9.17) is 4.42 Å². The molecule has 0 radical (unpaired) electrons. The number of carbonyl (C=O) groups excluding carboxylic acids is 1. The highest BCUT2D eigenvalue weighted by molar-refractivity contribution is 5.98. The minimum absolute atomic E-state index is 0.166. The number of carbonyl (C=O) groups is 1. The van der Waals surface area contributed by atoms with Gasteiger partial charge in [-0.25, -0.2) is 9.67 Å². The third kappa shape index (κ3) is 2.91. The summed E-state index contributed by atoms with van der Waals surface area (Å²) in [6.07, 6.45) is 1.75. The molecule has 3 aromatic heterocycles. The SMILES string of the molecule is Cc1ccc(C(C)NC(=O)c2cc3cnn(C(C)C)c3nc2C)o1. The molecule has 126 valence electrons. The zero-order chi connectivity index (χ0) is 17.4. The van der Waals surface area contributed by atoms with Gasteiger partial charge in [0.05, 0.1) is 23.5 Å². The molecule has 1 atom stereocenters. The summed E-state index contributed by atoms with van der Waals surface area (Å²) in [5.41, 5.74) is 2.04. The standard InChI is InChI=1S/C18H22N4O2/c1-10(2)22-17-14(9-19-22)8-15(12(4)20-17)18(23)21-13(5)16-7-6-11(3)24-16/h6-10,13H,1-5H3,(H,21,23). The van der Waals surface area contributed by atoms with Gasteiger partial charge in [-0.3, -0.25) is 4.79 Å². The molecule has 0 bridgehead atoms. The number of nitrogens with one attached hydrogen (secondary N) is 1. The molecular weight excluding hydrogens is 304 g/mol. The molecule has 0 spiro atoms. The average Bonchev–Trinajstić information content (AvgIpc) is 3.12. The van der Waals surface area contributed by atoms with Gasteiger partial charge in [-0.05, 0) is 52.8 Å². The largest absolute Gasteiger partial charge is 0.464 e. The maximum atomic E-state index is 12.6. The van der Waals surface area contributed by atoms with Crippen LogP contribution in [0.15, 0.2) is 28.8 Å². The molecule has 3 heterocycles. The van der Waals surface area contributed by atoms with Crippen LogP contribution < -0.4 is 5.32 Å². The van der Waals surface area contributed by atoms with Crippen LogP contribution in [0.5, 0.6) is 0 Å². The molecule has 1 unspecified atom stereocenters. The Morgan fingerprint density at radius 1 is 1.25 bits per heavy atom. The van der Waals surface area contributed by atoms with Crippen molar-refractivity contribution in [1.82, 2.24) is 20.1 Å². The van der Waals surface area contributed by atoms with Gasteiger partial charge >= 0.3 is 0 Å². The van der Waals surface area contributed by atoms with Crippen molar-refractivity contribution in [2.24, 2.45) is 0 Å². The first-order chi connectivity index (χ1) is 11.4. The van der Waals surface area contributed by atoms with Crippen LogP contribution in [0.1, 0.15) is 60.4 Å². The summed E-state index contributed by atoms with van der Waals surface area (Å²) in [7, 11) is 0. The first-order valence-corrected chi connectivity index (χ1v) is 8.09. The highest BCUT2D eigenvalue weighted by Gasteiger charge is 2.18. The van der Waals surface area contributed by atoms with E-state index in [9.17, 15) is 4.79 Å². The summed E-state index contributed by atoms with van der Waals surface area (Å²) in [5.74, 6) is 1.40. The second kappa shape index (κ2) is 6.11. The second-order valence-electron chi connectivity index (χ2n) is 6.36. The molecule has 0 fully saturated rings. The van der Waals surface area contributed by atoms with Gasteiger partial charge in [0.1, 0.15) is 11.5 Å². The highest BCUT2D eigenvalue weighted by atomic mass is 16.3. The Kier molecular flexibility index (Phi) is 4.13. The van der Waals surface area contributed by atoms with E-state index in [0.717, 1.165) is 22.6 Å². The summed E-state index contributed by atoms with van der Waals surface area (Å²) >= 11 is 0. The molecule has 0 aliphatic rings. The third-order valence-corrected chi connectivity index (χ3v) is 4.03. The molecule has 0 aliphatic carbocycles. The molecule has 6 heteroatoms. The maximum Gasteiger partial charge on any atom is 0.253 e. The molecular formula is C18H22N4O2. The molecule has 6 nitrogen and oxygen atoms in total. The summed E-state index contributed by atoms with van der Waals surface area (Å²) in [6.45, 7) is 9.72. The number of rotatable bonds is 4. The first kappa shape index (κ1) is 16.2. The summed E-state index contributed by atoms with van der Waals surface area (Å²) < 4.78 is 7.43. The number of aryl methyl sites for hydroxylation is 2. The van der Waals surface area contributed by atoms with E-state index in [1.165, 1.54) is 0 Å². The van der Waals surface area contributed by atoms with Crippen molar-refractivity contribution in [3.8, 4) is 0 Å². The van der Waals surface area contributed by atoms with E-state index >= 15 is 0 Å². The first-order valence-electron chi connectivity index (χ1n) is 8.09. The van der Waals surface area contributed by atoms with Gasteiger partial charge in [-0.1, -0.05) is 0 Å². The third-order valence-electron chi connectivity index (χ3n) is 4.03. The molecule has 3 rings (SSSR count). The van der Waals surface area contributed by atoms with Crippen LogP contribution in [-0.4, -0.2) is 20.7 Å². The van der Waals surface area contributed by atoms with E-state index in [2.05, 4.69) is 29.2 Å². The Morgan fingerprint density at radius 2 is 2.00 bits per heavy atom. The van der Waals surface area contributed by atoms with Gasteiger partial charge in [-0.2, -0.15) is 5.10 Å². The Balaban J connectivity index is 1.88. The normalized spacial score (nSPS) is 12.8. The highest BCUT2D eigenvalue weighted by Crippen LogP contribution is 2.21. The lowest BCUT2D eigenvalue weighted by Gasteiger charge is -2.13. The van der Waals surface area contributed by atoms with E-state index in [-0.39, 0.29) is 18.0 Å². The molecule has 1 N–H and O–H groups in total. The maximum absolute atomic E-state index is 12.6. The quantitative estimate of drug-likeness (QED) is 0.793. The van der Waals surface area contributed by atoms with Crippen molar-refractivity contribution in [2.75, 3.05) is 0 Å². The smallest absolute Gasteiger partial charge is 0.253 e. The lowest BCUT2D eigenvalue weighted by molar-refractivity contribution is 0.0934. The molecule has 3 aromatic rings. The number of pyridine rings is 1. The number of nitrogens with zero attached hydrogens (tertiary/aromatic N) is 3. The zero-order valence-electron chi connectivity index (χ0n) is 14.6. The van der Waals surface area contributed by atoms with E-state index in [1.54, 1.807) is 6.20 Å². The average molecular weight is 326 g/mol. The minimum atomic E-state index is -0.209. The Labute approximate surface area is 140 Å². The fourth-order valence-corrected chi connectivity index (χ4v) is 2.71. The molecule has 0 saturated carbocycles. The molecule has 1 amide bonds. The topological polar surface area (TPSA) is 73.0 Å². The minimum Gasteiger partial charge on any atom is -0.464 e. The number of fused-ring (bicyclic) bond motifs is 1. The van der Waals surface area contributed by atoms with Crippen LogP contribution >= 0.6 is 0 Å². The van der Waals surface area contributed by atoms with Crippen LogP contribution in [-0.2, 0) is 0 Å². The number of hydrogen-bond acceptors (Lipinski definition) is 4. The number of furan rings is 1. The van der Waals surface area contributed by atoms with Crippen LogP contribution in [0.2, 0.25) is 0 Å². The zero-order valence-corrected chi connectivity index (χ0v) is 14.6. The number of aromatic nitrogens is 3. The lowest BCUT2D eigenvalue weighted by Crippen LogP contribution is -2.27. The number of hydrogen-bond donors (Lipinski definition) is 1. The Morgan fingerprint density at radius 3 is 2.62 bits per heavy atom. The van der Waals surface area contributed by atoms with Crippen LogP contribution in [0.3, 0.4) is 0 Å². The van der Waals surface area contributed by atoms with Crippen molar-refractivity contribution in [2.45, 2.75) is 46.7 Å². The Hall–Kier alpha value is -2.63. The summed E-state index contributed by atoms with van der Waals surface area (Å²) in [5, 5.41) is 8.18. The fraction of sp³-hybridized carbons (Fsp3) is 0.389. The number of amides is 1. The summed E-state index contributed by atoms with van der Waals surface area (Å²) in [4.78, 5) is 17.2. The van der Waals surface area contributed by atoms with Gasteiger partial charge in [-0.15, -0.1) is 0 Å². The molecule has 24 heavy (non-hydrogen) atoms. The van der Waals surface area contributed by atoms with Crippen molar-refractivity contribution < 1.29 is 9.21 Å². The van der Waals surface area contributed by atoms with Crippen molar-refractivity contribution in [1.29, 1.82) is 0 Å². The predicted octanol–water partition coefficient (Wildman–Crippen LogP) is 3.71.